The Morgan fingerprint density at radius 3 is 2.37 bits per heavy atom. The summed E-state index contributed by atoms with van der Waals surface area (Å²) in [5, 5.41) is 7.13. The van der Waals surface area contributed by atoms with Gasteiger partial charge >= 0.3 is 0 Å². The highest BCUT2D eigenvalue weighted by Gasteiger charge is 2.28. The fourth-order valence-corrected chi connectivity index (χ4v) is 6.14. The molecule has 0 unspecified atom stereocenters. The Morgan fingerprint density at radius 2 is 1.77 bits per heavy atom. The molecule has 3 aromatic heterocycles. The topological polar surface area (TPSA) is 88.1 Å². The highest BCUT2D eigenvalue weighted by molar-refractivity contribution is 7.15. The minimum Gasteiger partial charge on any atom is -0.338 e. The molecule has 7 nitrogen and oxygen atoms in total. The lowest BCUT2D eigenvalue weighted by Gasteiger charge is -2.30. The molecule has 1 fully saturated rings. The van der Waals surface area contributed by atoms with Crippen LogP contribution >= 0.6 is 34.0 Å². The minimum absolute atomic E-state index is 0.0739. The van der Waals surface area contributed by atoms with Crippen LogP contribution in [0.15, 0.2) is 5.38 Å². The summed E-state index contributed by atoms with van der Waals surface area (Å²) < 4.78 is 0. The van der Waals surface area contributed by atoms with Gasteiger partial charge in [0, 0.05) is 29.3 Å². The van der Waals surface area contributed by atoms with E-state index in [0.717, 1.165) is 44.0 Å². The standard InChI is InChI=1S/C20H23N5O2S3/c1-10-12(3)29-20(22-10)24-17(26)15-9-28-18(23-15)14-5-7-25(8-6-14)19(27)16-11(2)21-13(4)30-16/h9,14H,5-8H2,1-4H3,(H,22,24,26). The Morgan fingerprint density at radius 1 is 1.03 bits per heavy atom. The van der Waals surface area contributed by atoms with Crippen LogP contribution < -0.4 is 5.32 Å². The number of hydrogen-bond donors (Lipinski definition) is 1. The molecule has 158 valence electrons. The molecule has 30 heavy (non-hydrogen) atoms. The third kappa shape index (κ3) is 4.30. The number of piperidine rings is 1. The van der Waals surface area contributed by atoms with E-state index >= 15 is 0 Å². The van der Waals surface area contributed by atoms with Gasteiger partial charge in [-0.2, -0.15) is 0 Å². The molecule has 0 aliphatic carbocycles. The molecular weight excluding hydrogens is 438 g/mol. The van der Waals surface area contributed by atoms with Gasteiger partial charge in [-0.15, -0.1) is 34.0 Å². The first kappa shape index (κ1) is 21.1. The highest BCUT2D eigenvalue weighted by Crippen LogP contribution is 2.32. The van der Waals surface area contributed by atoms with E-state index in [4.69, 9.17) is 0 Å². The number of carbonyl (C=O) groups is 2. The van der Waals surface area contributed by atoms with Gasteiger partial charge in [0.2, 0.25) is 0 Å². The summed E-state index contributed by atoms with van der Waals surface area (Å²) in [6.45, 7) is 9.11. The highest BCUT2D eigenvalue weighted by atomic mass is 32.1. The molecule has 0 spiro atoms. The molecule has 0 bridgehead atoms. The van der Waals surface area contributed by atoms with Gasteiger partial charge in [0.05, 0.1) is 21.4 Å². The number of hydrogen-bond acceptors (Lipinski definition) is 8. The van der Waals surface area contributed by atoms with Crippen LogP contribution in [0.4, 0.5) is 5.13 Å². The number of rotatable bonds is 4. The summed E-state index contributed by atoms with van der Waals surface area (Å²) in [6.07, 6.45) is 1.70. The zero-order chi connectivity index (χ0) is 21.4. The van der Waals surface area contributed by atoms with Crippen molar-refractivity contribution in [2.75, 3.05) is 18.4 Å². The van der Waals surface area contributed by atoms with Gasteiger partial charge in [0.25, 0.3) is 11.8 Å². The van der Waals surface area contributed by atoms with Crippen LogP contribution in [0.2, 0.25) is 0 Å². The smallest absolute Gasteiger partial charge is 0.276 e. The molecule has 1 aliphatic rings. The number of aryl methyl sites for hydroxylation is 4. The maximum absolute atomic E-state index is 12.8. The first-order chi connectivity index (χ1) is 14.3. The van der Waals surface area contributed by atoms with Gasteiger partial charge in [-0.3, -0.25) is 14.9 Å². The van der Waals surface area contributed by atoms with Gasteiger partial charge in [-0.25, -0.2) is 15.0 Å². The largest absolute Gasteiger partial charge is 0.338 e. The predicted molar refractivity (Wildman–Crippen MR) is 121 cm³/mol. The summed E-state index contributed by atoms with van der Waals surface area (Å²) in [6, 6.07) is 0. The second-order valence-electron chi connectivity index (χ2n) is 7.40. The van der Waals surface area contributed by atoms with Gasteiger partial charge in [0.15, 0.2) is 5.13 Å². The molecule has 10 heteroatoms. The molecule has 1 N–H and O–H groups in total. The van der Waals surface area contributed by atoms with Crippen molar-refractivity contribution in [1.82, 2.24) is 19.9 Å². The molecule has 3 aromatic rings. The van der Waals surface area contributed by atoms with E-state index in [1.165, 1.54) is 34.0 Å². The Hall–Kier alpha value is -2.17. The zero-order valence-electron chi connectivity index (χ0n) is 17.3. The zero-order valence-corrected chi connectivity index (χ0v) is 19.8. The maximum Gasteiger partial charge on any atom is 0.276 e. The molecular formula is C20H23N5O2S3. The Balaban J connectivity index is 1.36. The minimum atomic E-state index is -0.227. The van der Waals surface area contributed by atoms with Crippen molar-refractivity contribution in [3.8, 4) is 0 Å². The second kappa shape index (κ2) is 8.52. The number of nitrogens with one attached hydrogen (secondary N) is 1. The van der Waals surface area contributed by atoms with Crippen LogP contribution in [0, 0.1) is 27.7 Å². The van der Waals surface area contributed by atoms with Crippen molar-refractivity contribution in [2.45, 2.75) is 46.5 Å². The van der Waals surface area contributed by atoms with E-state index in [1.807, 2.05) is 32.6 Å². The van der Waals surface area contributed by atoms with Gasteiger partial charge in [-0.1, -0.05) is 0 Å². The van der Waals surface area contributed by atoms with Crippen molar-refractivity contribution in [2.24, 2.45) is 0 Å². The van der Waals surface area contributed by atoms with Crippen molar-refractivity contribution in [3.63, 3.8) is 0 Å². The lowest BCUT2D eigenvalue weighted by Crippen LogP contribution is -2.37. The van der Waals surface area contributed by atoms with Gasteiger partial charge < -0.3 is 4.90 Å². The van der Waals surface area contributed by atoms with Crippen molar-refractivity contribution in [1.29, 1.82) is 0 Å². The molecule has 0 aromatic carbocycles. The van der Waals surface area contributed by atoms with Crippen LogP contribution in [0.25, 0.3) is 0 Å². The third-order valence-corrected chi connectivity index (χ3v) is 8.29. The van der Waals surface area contributed by atoms with E-state index in [1.54, 1.807) is 5.38 Å². The van der Waals surface area contributed by atoms with E-state index in [0.29, 0.717) is 23.9 Å². The summed E-state index contributed by atoms with van der Waals surface area (Å²) >= 11 is 4.44. The lowest BCUT2D eigenvalue weighted by atomic mass is 9.97. The average Bonchev–Trinajstić information content (AvgIpc) is 3.41. The quantitative estimate of drug-likeness (QED) is 0.615. The summed E-state index contributed by atoms with van der Waals surface area (Å²) in [5.41, 5.74) is 2.17. The van der Waals surface area contributed by atoms with Gasteiger partial charge in [-0.05, 0) is 40.5 Å². The van der Waals surface area contributed by atoms with E-state index < -0.39 is 0 Å². The number of nitrogens with zero attached hydrogens (tertiary/aromatic N) is 4. The third-order valence-electron chi connectivity index (χ3n) is 5.23. The van der Waals surface area contributed by atoms with Crippen LogP contribution in [-0.2, 0) is 0 Å². The van der Waals surface area contributed by atoms with Crippen LogP contribution in [0.3, 0.4) is 0 Å². The summed E-state index contributed by atoms with van der Waals surface area (Å²) in [4.78, 5) is 42.3. The van der Waals surface area contributed by atoms with Crippen molar-refractivity contribution in [3.05, 3.63) is 42.2 Å². The number of aromatic nitrogens is 3. The number of thiazole rings is 3. The average molecular weight is 462 g/mol. The molecule has 0 radical (unpaired) electrons. The second-order valence-corrected chi connectivity index (χ2v) is 10.7. The van der Waals surface area contributed by atoms with Crippen LogP contribution in [-0.4, -0.2) is 44.8 Å². The lowest BCUT2D eigenvalue weighted by molar-refractivity contribution is 0.0717. The van der Waals surface area contributed by atoms with Crippen LogP contribution in [0.1, 0.15) is 65.2 Å². The monoisotopic (exact) mass is 461 g/mol. The first-order valence-electron chi connectivity index (χ1n) is 9.76. The van der Waals surface area contributed by atoms with E-state index in [9.17, 15) is 9.59 Å². The SMILES string of the molecule is Cc1nc(C)c(C(=O)N2CCC(c3nc(C(=O)Nc4nc(C)c(C)s4)cs3)CC2)s1. The molecule has 0 atom stereocenters. The molecule has 1 saturated heterocycles. The summed E-state index contributed by atoms with van der Waals surface area (Å²) in [5.74, 6) is 0.119. The Labute approximate surface area is 187 Å². The molecule has 4 heterocycles. The fraction of sp³-hybridized carbons (Fsp3) is 0.450. The number of likely N-dealkylation sites (tertiary alicyclic amines) is 1. The predicted octanol–water partition coefficient (Wildman–Crippen LogP) is 4.56. The molecule has 1 aliphatic heterocycles. The van der Waals surface area contributed by atoms with E-state index in [2.05, 4.69) is 20.3 Å². The summed E-state index contributed by atoms with van der Waals surface area (Å²) in [7, 11) is 0. The number of amides is 2. The van der Waals surface area contributed by atoms with E-state index in [-0.39, 0.29) is 17.7 Å². The molecule has 2 amide bonds. The Kier molecular flexibility index (Phi) is 5.99. The van der Waals surface area contributed by atoms with Crippen molar-refractivity contribution >= 4 is 51.0 Å². The fourth-order valence-electron chi connectivity index (χ4n) is 3.47. The number of carbonyl (C=O) groups excluding carboxylic acids is 2. The maximum atomic E-state index is 12.8. The normalized spacial score (nSPS) is 14.9. The van der Waals surface area contributed by atoms with Crippen LogP contribution in [0.5, 0.6) is 0 Å². The molecule has 0 saturated carbocycles. The van der Waals surface area contributed by atoms with Crippen molar-refractivity contribution < 1.29 is 9.59 Å². The number of anilines is 1. The molecule has 4 rings (SSSR count). The van der Waals surface area contributed by atoms with Gasteiger partial charge in [0.1, 0.15) is 10.6 Å². The Bertz CT molecular complexity index is 1070. The first-order valence-corrected chi connectivity index (χ1v) is 12.3.